The Bertz CT molecular complexity index is 376. The fourth-order valence-electron chi connectivity index (χ4n) is 4.31. The number of ether oxygens (including phenoxy) is 1. The minimum Gasteiger partial charge on any atom is -0.466 e. The smallest absolute Gasteiger partial charge is 0.307 e. The van der Waals surface area contributed by atoms with Gasteiger partial charge in [-0.2, -0.15) is 0 Å². The molecule has 1 N–H and O–H groups in total. The maximum absolute atomic E-state index is 11.8. The first kappa shape index (κ1) is 26.4. The molecule has 0 spiro atoms. The Labute approximate surface area is 181 Å². The largest absolute Gasteiger partial charge is 0.466 e. The Balaban J connectivity index is 1.73. The highest BCUT2D eigenvalue weighted by Crippen LogP contribution is 2.17. The second-order valence-electron chi connectivity index (χ2n) is 9.03. The normalized spacial score (nSPS) is 17.1. The lowest BCUT2D eigenvalue weighted by Crippen LogP contribution is -2.30. The van der Waals surface area contributed by atoms with Crippen molar-refractivity contribution in [3.05, 3.63) is 0 Å². The van der Waals surface area contributed by atoms with Crippen LogP contribution in [0.25, 0.3) is 0 Å². The second-order valence-corrected chi connectivity index (χ2v) is 9.03. The third kappa shape index (κ3) is 15.8. The summed E-state index contributed by atoms with van der Waals surface area (Å²) in [5.41, 5.74) is 0. The van der Waals surface area contributed by atoms with Gasteiger partial charge in [0.1, 0.15) is 0 Å². The van der Waals surface area contributed by atoms with Crippen LogP contribution in [0, 0.1) is 0 Å². The predicted molar refractivity (Wildman–Crippen MR) is 124 cm³/mol. The van der Waals surface area contributed by atoms with Crippen molar-refractivity contribution in [2.24, 2.45) is 0 Å². The number of nitrogens with one attached hydrogen (secondary N) is 1. The number of esters is 1. The molecule has 0 aromatic rings. The summed E-state index contributed by atoms with van der Waals surface area (Å²) in [6, 6.07) is 0.727. The van der Waals surface area contributed by atoms with Crippen LogP contribution in [-0.4, -0.2) is 50.2 Å². The highest BCUT2D eigenvalue weighted by molar-refractivity contribution is 5.69. The molecule has 4 heteroatoms. The number of rotatable bonds is 20. The molecule has 1 fully saturated rings. The van der Waals surface area contributed by atoms with Gasteiger partial charge in [0.05, 0.1) is 13.0 Å². The second kappa shape index (κ2) is 19.4. The van der Waals surface area contributed by atoms with E-state index in [9.17, 15) is 4.79 Å². The topological polar surface area (TPSA) is 41.6 Å². The maximum atomic E-state index is 11.8. The monoisotopic (exact) mass is 410 g/mol. The van der Waals surface area contributed by atoms with Gasteiger partial charge in [-0.25, -0.2) is 0 Å². The van der Waals surface area contributed by atoms with Crippen molar-refractivity contribution in [3.8, 4) is 0 Å². The Morgan fingerprint density at radius 2 is 1.48 bits per heavy atom. The first-order chi connectivity index (χ1) is 14.2. The lowest BCUT2D eigenvalue weighted by Gasteiger charge is -2.19. The average molecular weight is 411 g/mol. The van der Waals surface area contributed by atoms with E-state index in [1.807, 2.05) is 0 Å². The Morgan fingerprint density at radius 3 is 2.03 bits per heavy atom. The highest BCUT2D eigenvalue weighted by atomic mass is 16.5. The average Bonchev–Trinajstić information content (AvgIpc) is 3.12. The van der Waals surface area contributed by atoms with Crippen LogP contribution < -0.4 is 5.32 Å². The molecular formula is C25H50N2O2. The number of carbonyl (C=O) groups excluding carboxylic acids is 1. The van der Waals surface area contributed by atoms with Gasteiger partial charge in [0.15, 0.2) is 0 Å². The van der Waals surface area contributed by atoms with E-state index in [1.54, 1.807) is 0 Å². The van der Waals surface area contributed by atoms with Crippen LogP contribution in [0.1, 0.15) is 116 Å². The fourth-order valence-corrected chi connectivity index (χ4v) is 4.31. The van der Waals surface area contributed by atoms with Crippen LogP contribution in [0.4, 0.5) is 0 Å². The van der Waals surface area contributed by atoms with Gasteiger partial charge in [-0.15, -0.1) is 0 Å². The molecule has 29 heavy (non-hydrogen) atoms. The molecule has 1 saturated heterocycles. The molecule has 0 bridgehead atoms. The van der Waals surface area contributed by atoms with Crippen LogP contribution in [0.3, 0.4) is 0 Å². The summed E-state index contributed by atoms with van der Waals surface area (Å²) in [4.78, 5) is 14.2. The van der Waals surface area contributed by atoms with Gasteiger partial charge in [-0.3, -0.25) is 4.79 Å². The molecule has 1 heterocycles. The van der Waals surface area contributed by atoms with Gasteiger partial charge in [0, 0.05) is 12.6 Å². The number of hydrogen-bond donors (Lipinski definition) is 1. The van der Waals surface area contributed by atoms with Crippen LogP contribution >= 0.6 is 0 Å². The van der Waals surface area contributed by atoms with Gasteiger partial charge in [0.25, 0.3) is 0 Å². The third-order valence-corrected chi connectivity index (χ3v) is 6.34. The summed E-state index contributed by atoms with van der Waals surface area (Å²) >= 11 is 0. The van der Waals surface area contributed by atoms with Crippen molar-refractivity contribution in [1.82, 2.24) is 10.2 Å². The van der Waals surface area contributed by atoms with E-state index in [4.69, 9.17) is 4.74 Å². The SMILES string of the molecule is CCCCCCCCCCCCCCCOC(=O)CCNCCC1CCCN1C. The van der Waals surface area contributed by atoms with Crippen molar-refractivity contribution in [1.29, 1.82) is 0 Å². The van der Waals surface area contributed by atoms with Crippen molar-refractivity contribution in [3.63, 3.8) is 0 Å². The molecule has 0 aliphatic carbocycles. The van der Waals surface area contributed by atoms with E-state index < -0.39 is 0 Å². The molecule has 0 aromatic carbocycles. The minimum absolute atomic E-state index is 0.0468. The molecule has 4 nitrogen and oxygen atoms in total. The summed E-state index contributed by atoms with van der Waals surface area (Å²) in [7, 11) is 2.21. The molecule has 1 aliphatic heterocycles. The molecule has 0 amide bonds. The molecule has 1 atom stereocenters. The number of likely N-dealkylation sites (tertiary alicyclic amines) is 1. The molecule has 1 aliphatic rings. The molecule has 172 valence electrons. The van der Waals surface area contributed by atoms with E-state index in [1.165, 1.54) is 103 Å². The summed E-state index contributed by atoms with van der Waals surface area (Å²) in [5.74, 6) is -0.0468. The predicted octanol–water partition coefficient (Wildman–Crippen LogP) is 6.08. The third-order valence-electron chi connectivity index (χ3n) is 6.34. The van der Waals surface area contributed by atoms with Crippen molar-refractivity contribution in [2.45, 2.75) is 122 Å². The van der Waals surface area contributed by atoms with Crippen LogP contribution in [0.5, 0.6) is 0 Å². The lowest BCUT2D eigenvalue weighted by molar-refractivity contribution is -0.143. The molecule has 0 radical (unpaired) electrons. The number of nitrogens with zero attached hydrogens (tertiary/aromatic N) is 1. The van der Waals surface area contributed by atoms with Gasteiger partial charge in [0.2, 0.25) is 0 Å². The molecule has 1 rings (SSSR count). The van der Waals surface area contributed by atoms with E-state index in [0.29, 0.717) is 13.0 Å². The van der Waals surface area contributed by atoms with Gasteiger partial charge < -0.3 is 15.0 Å². The molecule has 1 unspecified atom stereocenters. The summed E-state index contributed by atoms with van der Waals surface area (Å²) < 4.78 is 5.35. The van der Waals surface area contributed by atoms with E-state index >= 15 is 0 Å². The first-order valence-electron chi connectivity index (χ1n) is 12.8. The van der Waals surface area contributed by atoms with E-state index in [2.05, 4.69) is 24.2 Å². The van der Waals surface area contributed by atoms with E-state index in [0.717, 1.165) is 25.6 Å². The molecular weight excluding hydrogens is 360 g/mol. The molecule has 0 saturated carbocycles. The molecule has 0 aromatic heterocycles. The zero-order valence-corrected chi connectivity index (χ0v) is 19.7. The number of unbranched alkanes of at least 4 members (excludes halogenated alkanes) is 12. The number of carbonyl (C=O) groups is 1. The Kier molecular flexibility index (Phi) is 17.6. The lowest BCUT2D eigenvalue weighted by atomic mass is 10.0. The maximum Gasteiger partial charge on any atom is 0.307 e. The van der Waals surface area contributed by atoms with Gasteiger partial charge >= 0.3 is 5.97 Å². The van der Waals surface area contributed by atoms with Crippen molar-refractivity contribution < 1.29 is 9.53 Å². The minimum atomic E-state index is -0.0468. The summed E-state index contributed by atoms with van der Waals surface area (Å²) in [5, 5.41) is 3.39. The zero-order valence-electron chi connectivity index (χ0n) is 19.7. The van der Waals surface area contributed by atoms with Crippen molar-refractivity contribution >= 4 is 5.97 Å². The number of hydrogen-bond acceptors (Lipinski definition) is 4. The van der Waals surface area contributed by atoms with E-state index in [-0.39, 0.29) is 5.97 Å². The highest BCUT2D eigenvalue weighted by Gasteiger charge is 2.19. The van der Waals surface area contributed by atoms with Crippen LogP contribution in [-0.2, 0) is 9.53 Å². The standard InChI is InChI=1S/C25H50N2O2/c1-3-4-5-6-7-8-9-10-11-12-13-14-15-23-29-25(28)19-21-26-20-18-24-17-16-22-27(24)2/h24,26H,3-23H2,1-2H3. The van der Waals surface area contributed by atoms with Gasteiger partial charge in [-0.05, 0) is 45.8 Å². The Morgan fingerprint density at radius 1 is 0.897 bits per heavy atom. The summed E-state index contributed by atoms with van der Waals surface area (Å²) in [6.45, 7) is 5.86. The van der Waals surface area contributed by atoms with Crippen molar-refractivity contribution in [2.75, 3.05) is 33.3 Å². The van der Waals surface area contributed by atoms with Gasteiger partial charge in [-0.1, -0.05) is 84.0 Å². The van der Waals surface area contributed by atoms with Crippen LogP contribution in [0.15, 0.2) is 0 Å². The zero-order chi connectivity index (χ0) is 21.0. The first-order valence-corrected chi connectivity index (χ1v) is 12.8. The van der Waals surface area contributed by atoms with Crippen LogP contribution in [0.2, 0.25) is 0 Å². The fraction of sp³-hybridized carbons (Fsp3) is 0.960. The summed E-state index contributed by atoms with van der Waals surface area (Å²) in [6.07, 6.45) is 21.8. The Hall–Kier alpha value is -0.610. The quantitative estimate of drug-likeness (QED) is 0.195.